The normalized spacial score (nSPS) is 19.2. The van der Waals surface area contributed by atoms with Gasteiger partial charge in [-0.15, -0.1) is 0 Å². The van der Waals surface area contributed by atoms with Crippen molar-refractivity contribution in [3.8, 4) is 11.3 Å². The minimum atomic E-state index is -0.691. The number of pyridine rings is 1. The molecule has 2 heterocycles. The van der Waals surface area contributed by atoms with Crippen LogP contribution in [0.5, 0.6) is 0 Å². The molecule has 1 aromatic heterocycles. The number of hydrogen-bond donors (Lipinski definition) is 0. The lowest BCUT2D eigenvalue weighted by Crippen LogP contribution is -2.48. The Labute approximate surface area is 187 Å². The first-order valence-electron chi connectivity index (χ1n) is 10.7. The zero-order valence-electron chi connectivity index (χ0n) is 18.2. The number of aryl methyl sites for hydroxylation is 2. The zero-order chi connectivity index (χ0) is 22.3. The number of piperidine rings is 1. The van der Waals surface area contributed by atoms with E-state index in [1.54, 1.807) is 19.2 Å². The first-order valence-corrected chi connectivity index (χ1v) is 11.1. The molecular formula is C25H27ClN2O3. The van der Waals surface area contributed by atoms with E-state index < -0.39 is 5.92 Å². The summed E-state index contributed by atoms with van der Waals surface area (Å²) in [6.07, 6.45) is 3.87. The highest BCUT2D eigenvalue weighted by Gasteiger charge is 2.47. The second-order valence-corrected chi connectivity index (χ2v) is 9.55. The maximum Gasteiger partial charge on any atom is 0.219 e. The number of Topliss-reactive ketones (excluding diaryl/α,β-unsaturated/α-hetero) is 2. The Hall–Kier alpha value is -2.53. The molecule has 1 aromatic carbocycles. The van der Waals surface area contributed by atoms with E-state index in [0.29, 0.717) is 31.0 Å². The number of halogens is 1. The molecule has 0 N–H and O–H groups in total. The average Bonchev–Trinajstić information content (AvgIpc) is 2.70. The highest BCUT2D eigenvalue weighted by Crippen LogP contribution is 2.46. The third-order valence-electron chi connectivity index (χ3n) is 6.92. The van der Waals surface area contributed by atoms with Gasteiger partial charge in [-0.3, -0.25) is 19.4 Å². The number of likely N-dealkylation sites (tertiary alicyclic amines) is 1. The van der Waals surface area contributed by atoms with Gasteiger partial charge in [-0.25, -0.2) is 0 Å². The van der Waals surface area contributed by atoms with Crippen molar-refractivity contribution in [2.24, 2.45) is 5.41 Å². The molecule has 2 aromatic rings. The molecule has 1 spiro atoms. The van der Waals surface area contributed by atoms with E-state index >= 15 is 0 Å². The lowest BCUT2D eigenvalue weighted by Gasteiger charge is -2.44. The molecule has 1 aliphatic heterocycles. The molecule has 0 bridgehead atoms. The van der Waals surface area contributed by atoms with Gasteiger partial charge in [0.05, 0.1) is 10.7 Å². The molecule has 2 aliphatic rings. The first-order chi connectivity index (χ1) is 14.7. The second-order valence-electron chi connectivity index (χ2n) is 9.11. The van der Waals surface area contributed by atoms with Crippen LogP contribution in [-0.4, -0.2) is 40.4 Å². The van der Waals surface area contributed by atoms with E-state index in [0.717, 1.165) is 40.8 Å². The molecule has 0 unspecified atom stereocenters. The molecule has 1 amide bonds. The average molecular weight is 439 g/mol. The third kappa shape index (κ3) is 4.16. The summed E-state index contributed by atoms with van der Waals surface area (Å²) in [6, 6.07) is 7.65. The van der Waals surface area contributed by atoms with Crippen LogP contribution < -0.4 is 0 Å². The Bertz CT molecular complexity index is 1010. The molecule has 1 aliphatic carbocycles. The summed E-state index contributed by atoms with van der Waals surface area (Å²) in [4.78, 5) is 44.4. The lowest BCUT2D eigenvalue weighted by molar-refractivity contribution is -0.139. The molecule has 2 fully saturated rings. The third-order valence-corrected chi connectivity index (χ3v) is 7.14. The summed E-state index contributed by atoms with van der Waals surface area (Å²) in [5.74, 6) is -0.612. The monoisotopic (exact) mass is 438 g/mol. The van der Waals surface area contributed by atoms with E-state index in [4.69, 9.17) is 11.6 Å². The second kappa shape index (κ2) is 8.19. The van der Waals surface area contributed by atoms with Gasteiger partial charge in [0.15, 0.2) is 0 Å². The number of carbonyl (C=O) groups excluding carboxylic acids is 3. The molecule has 1 saturated carbocycles. The fourth-order valence-corrected chi connectivity index (χ4v) is 5.39. The van der Waals surface area contributed by atoms with Gasteiger partial charge < -0.3 is 4.90 Å². The van der Waals surface area contributed by atoms with Gasteiger partial charge in [-0.05, 0) is 73.1 Å². The molecule has 1 saturated heterocycles. The SMILES string of the molecule is CC(=O)N1CCC2(CC1)CC(=O)C(c1c(C)cc(-c3ccc(Cl)cn3)cc1C)C(=O)C2. The Morgan fingerprint density at radius 3 is 2.13 bits per heavy atom. The smallest absolute Gasteiger partial charge is 0.219 e. The minimum absolute atomic E-state index is 0.0103. The van der Waals surface area contributed by atoms with Crippen LogP contribution >= 0.6 is 11.6 Å². The summed E-state index contributed by atoms with van der Waals surface area (Å²) in [5, 5.41) is 0.579. The van der Waals surface area contributed by atoms with Crippen LogP contribution in [0.15, 0.2) is 30.5 Å². The predicted octanol–water partition coefficient (Wildman–Crippen LogP) is 4.66. The van der Waals surface area contributed by atoms with Gasteiger partial charge >= 0.3 is 0 Å². The predicted molar refractivity (Wildman–Crippen MR) is 120 cm³/mol. The summed E-state index contributed by atoms with van der Waals surface area (Å²) in [6.45, 7) is 6.73. The van der Waals surface area contributed by atoms with Crippen molar-refractivity contribution in [2.45, 2.75) is 52.4 Å². The minimum Gasteiger partial charge on any atom is -0.343 e. The molecule has 6 heteroatoms. The molecule has 5 nitrogen and oxygen atoms in total. The highest BCUT2D eigenvalue weighted by molar-refractivity contribution is 6.30. The summed E-state index contributed by atoms with van der Waals surface area (Å²) in [5.41, 5.74) is 4.16. The fourth-order valence-electron chi connectivity index (χ4n) is 5.28. The lowest BCUT2D eigenvalue weighted by atomic mass is 9.62. The van der Waals surface area contributed by atoms with Crippen molar-refractivity contribution >= 4 is 29.1 Å². The quantitative estimate of drug-likeness (QED) is 0.639. The molecule has 0 atom stereocenters. The highest BCUT2D eigenvalue weighted by atomic mass is 35.5. The van der Waals surface area contributed by atoms with E-state index in [1.807, 2.05) is 36.9 Å². The van der Waals surface area contributed by atoms with Crippen LogP contribution in [0.3, 0.4) is 0 Å². The van der Waals surface area contributed by atoms with Crippen molar-refractivity contribution in [2.75, 3.05) is 13.1 Å². The maximum absolute atomic E-state index is 13.3. The molecule has 162 valence electrons. The van der Waals surface area contributed by atoms with E-state index in [1.165, 1.54) is 0 Å². The topological polar surface area (TPSA) is 67.3 Å². The Balaban J connectivity index is 1.59. The van der Waals surface area contributed by atoms with E-state index in [9.17, 15) is 14.4 Å². The fraction of sp³-hybridized carbons (Fsp3) is 0.440. The van der Waals surface area contributed by atoms with Crippen molar-refractivity contribution in [1.82, 2.24) is 9.88 Å². The van der Waals surface area contributed by atoms with Gasteiger partial charge in [0.2, 0.25) is 5.91 Å². The number of carbonyl (C=O) groups is 3. The van der Waals surface area contributed by atoms with Crippen molar-refractivity contribution in [1.29, 1.82) is 0 Å². The Morgan fingerprint density at radius 1 is 1.06 bits per heavy atom. The number of rotatable bonds is 2. The maximum atomic E-state index is 13.3. The van der Waals surface area contributed by atoms with Crippen LogP contribution in [0.25, 0.3) is 11.3 Å². The standard InChI is InChI=1S/C25H27ClN2O3/c1-15-10-18(20-5-4-19(26)14-27-20)11-16(2)23(15)24-21(30)12-25(13-22(24)31)6-8-28(9-7-25)17(3)29/h4-5,10-11,14,24H,6-9,12-13H2,1-3H3. The van der Waals surface area contributed by atoms with Crippen LogP contribution in [0.1, 0.15) is 55.2 Å². The number of nitrogens with zero attached hydrogens (tertiary/aromatic N) is 2. The van der Waals surface area contributed by atoms with Gasteiger partial charge in [0.25, 0.3) is 0 Å². The van der Waals surface area contributed by atoms with Crippen molar-refractivity contribution in [3.63, 3.8) is 0 Å². The molecule has 31 heavy (non-hydrogen) atoms. The molecular weight excluding hydrogens is 412 g/mol. The number of amides is 1. The van der Waals surface area contributed by atoms with Gasteiger partial charge in [-0.1, -0.05) is 11.6 Å². The summed E-state index contributed by atoms with van der Waals surface area (Å²) in [7, 11) is 0. The van der Waals surface area contributed by atoms with E-state index in [-0.39, 0.29) is 22.9 Å². The van der Waals surface area contributed by atoms with Crippen LogP contribution in [0.2, 0.25) is 5.02 Å². The largest absolute Gasteiger partial charge is 0.343 e. The van der Waals surface area contributed by atoms with Crippen LogP contribution in [0, 0.1) is 19.3 Å². The molecule has 4 rings (SSSR count). The van der Waals surface area contributed by atoms with Crippen LogP contribution in [0.4, 0.5) is 0 Å². The van der Waals surface area contributed by atoms with Gasteiger partial charge in [0.1, 0.15) is 17.5 Å². The summed E-state index contributed by atoms with van der Waals surface area (Å²) < 4.78 is 0. The van der Waals surface area contributed by atoms with E-state index in [2.05, 4.69) is 4.98 Å². The summed E-state index contributed by atoms with van der Waals surface area (Å²) >= 11 is 5.95. The molecule has 0 radical (unpaired) electrons. The van der Waals surface area contributed by atoms with Crippen molar-refractivity contribution < 1.29 is 14.4 Å². The number of aromatic nitrogens is 1. The van der Waals surface area contributed by atoms with Crippen molar-refractivity contribution in [3.05, 3.63) is 52.2 Å². The van der Waals surface area contributed by atoms with Gasteiger partial charge in [-0.2, -0.15) is 0 Å². The Morgan fingerprint density at radius 2 is 1.65 bits per heavy atom. The number of benzene rings is 1. The Kier molecular flexibility index (Phi) is 5.73. The van der Waals surface area contributed by atoms with Gasteiger partial charge in [0, 0.05) is 44.6 Å². The number of ketones is 2. The zero-order valence-corrected chi connectivity index (χ0v) is 19.0. The number of hydrogen-bond acceptors (Lipinski definition) is 4. The first kappa shape index (κ1) is 21.7. The van der Waals surface area contributed by atoms with Crippen LogP contribution in [-0.2, 0) is 14.4 Å².